The monoisotopic (exact) mass is 485 g/mol. The number of amides is 1. The van der Waals surface area contributed by atoms with E-state index in [1.165, 1.54) is 17.8 Å². The number of ether oxygens (including phenoxy) is 1. The Morgan fingerprint density at radius 3 is 2.80 bits per heavy atom. The number of nitrogens with one attached hydrogen (secondary N) is 2. The first kappa shape index (κ1) is 21.6. The molecule has 176 valence electrons. The third-order valence-electron chi connectivity index (χ3n) is 6.24. The molecule has 0 bridgehead atoms. The van der Waals surface area contributed by atoms with Crippen LogP contribution in [0.25, 0.3) is 21.0 Å². The minimum Gasteiger partial charge on any atom is -0.405 e. The number of pyridine rings is 1. The van der Waals surface area contributed by atoms with Crippen molar-refractivity contribution in [1.29, 1.82) is 0 Å². The zero-order chi connectivity index (χ0) is 23.9. The molecule has 3 aromatic heterocycles. The number of carbonyl (C=O) groups excluding carboxylic acids is 1. The van der Waals surface area contributed by atoms with Crippen LogP contribution in [-0.2, 0) is 0 Å². The highest BCUT2D eigenvalue weighted by atomic mass is 32.1. The lowest BCUT2D eigenvalue weighted by Gasteiger charge is -2.26. The first-order valence-corrected chi connectivity index (χ1v) is 12.4. The molecule has 0 radical (unpaired) electrons. The predicted molar refractivity (Wildman–Crippen MR) is 136 cm³/mol. The van der Waals surface area contributed by atoms with Gasteiger partial charge in [0.05, 0.1) is 11.2 Å². The molecule has 6 rings (SSSR count). The van der Waals surface area contributed by atoms with E-state index < -0.39 is 0 Å². The van der Waals surface area contributed by atoms with Gasteiger partial charge in [0.1, 0.15) is 16.7 Å². The van der Waals surface area contributed by atoms with Gasteiger partial charge in [-0.1, -0.05) is 5.92 Å². The van der Waals surface area contributed by atoms with Gasteiger partial charge in [-0.15, -0.1) is 17.8 Å². The fourth-order valence-electron chi connectivity index (χ4n) is 4.57. The second-order valence-corrected chi connectivity index (χ2v) is 9.70. The van der Waals surface area contributed by atoms with Gasteiger partial charge in [-0.3, -0.25) is 4.79 Å². The molecular weight excluding hydrogens is 462 g/mol. The van der Waals surface area contributed by atoms with Crippen molar-refractivity contribution in [2.45, 2.75) is 32.2 Å². The van der Waals surface area contributed by atoms with Crippen LogP contribution in [0.4, 0.5) is 11.6 Å². The van der Waals surface area contributed by atoms with Gasteiger partial charge in [-0.25, -0.2) is 4.98 Å². The molecule has 0 saturated carbocycles. The molecule has 1 fully saturated rings. The summed E-state index contributed by atoms with van der Waals surface area (Å²) in [6, 6.07) is 7.53. The maximum atomic E-state index is 12.7. The first-order chi connectivity index (χ1) is 17.1. The van der Waals surface area contributed by atoms with Gasteiger partial charge in [0.2, 0.25) is 11.8 Å². The fourth-order valence-corrected chi connectivity index (χ4v) is 5.66. The molecule has 4 aromatic rings. The Morgan fingerprint density at radius 2 is 1.97 bits per heavy atom. The van der Waals surface area contributed by atoms with Crippen molar-refractivity contribution in [2.75, 3.05) is 29.9 Å². The number of rotatable bonds is 3. The summed E-state index contributed by atoms with van der Waals surface area (Å²) in [5, 5.41) is 8.12. The van der Waals surface area contributed by atoms with Crippen LogP contribution in [-0.4, -0.2) is 51.5 Å². The number of thiophene rings is 1. The Balaban J connectivity index is 1.35. The normalized spacial score (nSPS) is 17.9. The minimum absolute atomic E-state index is 0.162. The van der Waals surface area contributed by atoms with Crippen molar-refractivity contribution in [3.05, 3.63) is 35.0 Å². The summed E-state index contributed by atoms with van der Waals surface area (Å²) in [7, 11) is 0. The molecule has 10 heteroatoms. The van der Waals surface area contributed by atoms with Crippen molar-refractivity contribution in [1.82, 2.24) is 25.3 Å². The van der Waals surface area contributed by atoms with Crippen LogP contribution in [0.2, 0.25) is 0 Å². The van der Waals surface area contributed by atoms with Crippen molar-refractivity contribution < 1.29 is 9.53 Å². The van der Waals surface area contributed by atoms with Crippen LogP contribution in [0.15, 0.2) is 24.3 Å². The van der Waals surface area contributed by atoms with Gasteiger partial charge < -0.3 is 20.3 Å². The van der Waals surface area contributed by atoms with Crippen LogP contribution >= 0.6 is 11.3 Å². The zero-order valence-corrected chi connectivity index (χ0v) is 20.0. The van der Waals surface area contributed by atoms with E-state index in [0.29, 0.717) is 29.1 Å². The fraction of sp³-hybridized carbons (Fsp3) is 0.320. The molecule has 0 aliphatic carbocycles. The number of nitrogens with zero attached hydrogens (tertiary/aromatic N) is 5. The summed E-state index contributed by atoms with van der Waals surface area (Å²) < 4.78 is 6.97. The van der Waals surface area contributed by atoms with Crippen LogP contribution in [0, 0.1) is 19.3 Å². The van der Waals surface area contributed by atoms with E-state index >= 15 is 0 Å². The number of carbonyl (C=O) groups is 1. The van der Waals surface area contributed by atoms with Gasteiger partial charge in [0, 0.05) is 41.2 Å². The minimum atomic E-state index is -0.357. The summed E-state index contributed by atoms with van der Waals surface area (Å²) in [4.78, 5) is 33.6. The Morgan fingerprint density at radius 1 is 1.11 bits per heavy atom. The third-order valence-corrected chi connectivity index (χ3v) is 7.40. The second-order valence-electron chi connectivity index (χ2n) is 8.65. The van der Waals surface area contributed by atoms with Gasteiger partial charge >= 0.3 is 6.01 Å². The number of piperidine rings is 1. The number of hydrogen-bond acceptors (Lipinski definition) is 9. The van der Waals surface area contributed by atoms with Gasteiger partial charge in [-0.05, 0) is 44.4 Å². The van der Waals surface area contributed by atoms with Gasteiger partial charge in [-0.2, -0.15) is 15.0 Å². The highest BCUT2D eigenvalue weighted by Gasteiger charge is 2.25. The Bertz CT molecular complexity index is 1500. The van der Waals surface area contributed by atoms with Crippen molar-refractivity contribution in [3.63, 3.8) is 0 Å². The van der Waals surface area contributed by atoms with E-state index in [1.807, 2.05) is 25.1 Å². The van der Waals surface area contributed by atoms with Crippen LogP contribution in [0.1, 0.15) is 34.8 Å². The van der Waals surface area contributed by atoms with Crippen molar-refractivity contribution >= 4 is 49.9 Å². The smallest absolute Gasteiger partial charge is 0.328 e. The van der Waals surface area contributed by atoms with E-state index in [-0.39, 0.29) is 18.0 Å². The molecule has 1 aromatic carbocycles. The predicted octanol–water partition coefficient (Wildman–Crippen LogP) is 3.88. The topological polar surface area (TPSA) is 105 Å². The number of hydrogen-bond donors (Lipinski definition) is 2. The highest BCUT2D eigenvalue weighted by Crippen LogP contribution is 2.41. The number of fused-ring (bicyclic) bond motifs is 5. The standard InChI is InChI=1S/C25H23N7O2S/c1-3-15-13-26-21-20-16-7-10-19(30-17(16)8-9-18(20)35-22(21)23(33)29-15)34-25-28-14(2)27-24(31-25)32-11-5-4-6-12-32/h1,7-10,15,26H,4-6,11-13H2,2H3,(H,29,33)/t15-/m1/s1. The van der Waals surface area contributed by atoms with E-state index in [1.54, 1.807) is 6.07 Å². The number of aromatic nitrogens is 4. The molecular formula is C25H23N7O2S. The second kappa shape index (κ2) is 8.67. The first-order valence-electron chi connectivity index (χ1n) is 11.6. The van der Waals surface area contributed by atoms with E-state index in [9.17, 15) is 4.79 Å². The Kier molecular flexibility index (Phi) is 5.34. The van der Waals surface area contributed by atoms with E-state index in [4.69, 9.17) is 16.1 Å². The highest BCUT2D eigenvalue weighted by molar-refractivity contribution is 7.21. The lowest BCUT2D eigenvalue weighted by atomic mass is 10.1. The SMILES string of the molecule is C#C[C@@H]1CNc2c(sc3ccc4nc(Oc5nc(C)nc(N6CCCCC6)n5)ccc4c23)C(=O)N1. The molecule has 5 heterocycles. The number of terminal acetylenes is 1. The summed E-state index contributed by atoms with van der Waals surface area (Å²) in [5.41, 5.74) is 1.54. The molecule has 0 spiro atoms. The summed E-state index contributed by atoms with van der Waals surface area (Å²) in [6.45, 7) is 4.17. The molecule has 9 nitrogen and oxygen atoms in total. The Labute approximate surface area is 206 Å². The van der Waals surface area contributed by atoms with Gasteiger partial charge in [0.15, 0.2) is 0 Å². The summed E-state index contributed by atoms with van der Waals surface area (Å²) in [6.07, 6.45) is 9.04. The molecule has 35 heavy (non-hydrogen) atoms. The number of aryl methyl sites for hydroxylation is 1. The summed E-state index contributed by atoms with van der Waals surface area (Å²) in [5.74, 6) is 4.09. The van der Waals surface area contributed by atoms with E-state index in [0.717, 1.165) is 52.6 Å². The molecule has 2 aliphatic heterocycles. The lowest BCUT2D eigenvalue weighted by Crippen LogP contribution is -2.35. The van der Waals surface area contributed by atoms with Crippen molar-refractivity contribution in [2.24, 2.45) is 0 Å². The summed E-state index contributed by atoms with van der Waals surface area (Å²) >= 11 is 1.44. The van der Waals surface area contributed by atoms with Crippen LogP contribution in [0.5, 0.6) is 11.9 Å². The van der Waals surface area contributed by atoms with E-state index in [2.05, 4.69) is 36.4 Å². The van der Waals surface area contributed by atoms with Crippen LogP contribution in [0.3, 0.4) is 0 Å². The molecule has 1 amide bonds. The van der Waals surface area contributed by atoms with Gasteiger partial charge in [0.25, 0.3) is 5.91 Å². The molecule has 1 saturated heterocycles. The zero-order valence-electron chi connectivity index (χ0n) is 19.2. The maximum Gasteiger partial charge on any atom is 0.328 e. The average molecular weight is 486 g/mol. The number of benzene rings is 1. The largest absolute Gasteiger partial charge is 0.405 e. The number of anilines is 2. The third kappa shape index (κ3) is 3.98. The Hall–Kier alpha value is -3.97. The average Bonchev–Trinajstić information content (AvgIpc) is 3.18. The maximum absolute atomic E-state index is 12.7. The lowest BCUT2D eigenvalue weighted by molar-refractivity contribution is 0.0954. The molecule has 2 aliphatic rings. The molecule has 1 atom stereocenters. The van der Waals surface area contributed by atoms with Crippen LogP contribution < -0.4 is 20.3 Å². The molecule has 2 N–H and O–H groups in total. The quantitative estimate of drug-likeness (QED) is 0.421. The van der Waals surface area contributed by atoms with Crippen molar-refractivity contribution in [3.8, 4) is 24.2 Å². The molecule has 0 unspecified atom stereocenters.